The average molecular weight is 300 g/mol. The molecule has 2 aromatic rings. The molecule has 0 aliphatic carbocycles. The highest BCUT2D eigenvalue weighted by Crippen LogP contribution is 2.26. The molecule has 1 aromatic heterocycles. The zero-order valence-corrected chi connectivity index (χ0v) is 11.6. The van der Waals surface area contributed by atoms with E-state index in [9.17, 15) is 14.9 Å². The number of hydrazone groups is 1. The Hall–Kier alpha value is -3.29. The third kappa shape index (κ3) is 3.63. The maximum absolute atomic E-state index is 11.7. The smallest absolute Gasteiger partial charge is 0.311 e. The Bertz CT molecular complexity index is 716. The van der Waals surface area contributed by atoms with Crippen molar-refractivity contribution in [1.82, 2.24) is 10.4 Å². The van der Waals surface area contributed by atoms with Crippen LogP contribution < -0.4 is 10.2 Å². The summed E-state index contributed by atoms with van der Waals surface area (Å²) in [6, 6.07) is 7.58. The zero-order valence-electron chi connectivity index (χ0n) is 11.6. The summed E-state index contributed by atoms with van der Waals surface area (Å²) in [5.41, 5.74) is 2.96. The third-order valence-electron chi connectivity index (χ3n) is 2.70. The van der Waals surface area contributed by atoms with E-state index in [-0.39, 0.29) is 11.4 Å². The molecule has 8 nitrogen and oxygen atoms in total. The van der Waals surface area contributed by atoms with Crippen LogP contribution in [0.1, 0.15) is 15.9 Å². The molecule has 0 aliphatic rings. The number of ether oxygens (including phenoxy) is 1. The topological polar surface area (TPSA) is 107 Å². The van der Waals surface area contributed by atoms with Crippen LogP contribution in [0.4, 0.5) is 5.69 Å². The molecule has 0 bridgehead atoms. The molecule has 0 saturated carbocycles. The second kappa shape index (κ2) is 6.93. The molecular weight excluding hydrogens is 288 g/mol. The number of aromatic nitrogens is 1. The first-order valence-electron chi connectivity index (χ1n) is 6.17. The molecule has 0 radical (unpaired) electrons. The van der Waals surface area contributed by atoms with E-state index >= 15 is 0 Å². The number of methoxy groups -OCH3 is 1. The molecule has 2 rings (SSSR count). The van der Waals surface area contributed by atoms with Crippen LogP contribution in [0.15, 0.2) is 47.8 Å². The maximum Gasteiger partial charge on any atom is 0.311 e. The lowest BCUT2D eigenvalue weighted by Crippen LogP contribution is -2.17. The third-order valence-corrected chi connectivity index (χ3v) is 2.70. The van der Waals surface area contributed by atoms with Gasteiger partial charge in [0.2, 0.25) is 0 Å². The molecule has 22 heavy (non-hydrogen) atoms. The number of rotatable bonds is 5. The first-order chi connectivity index (χ1) is 10.6. The second-order valence-corrected chi connectivity index (χ2v) is 4.13. The Morgan fingerprint density at radius 2 is 2.27 bits per heavy atom. The van der Waals surface area contributed by atoms with Crippen LogP contribution in [-0.2, 0) is 0 Å². The van der Waals surface area contributed by atoms with Gasteiger partial charge in [0.25, 0.3) is 5.91 Å². The van der Waals surface area contributed by atoms with E-state index in [1.165, 1.54) is 31.7 Å². The molecule has 112 valence electrons. The first kappa shape index (κ1) is 15.1. The highest BCUT2D eigenvalue weighted by Gasteiger charge is 2.14. The quantitative estimate of drug-likeness (QED) is 0.514. The standard InChI is InChI=1S/C14H12N4O4/c1-22-13-5-4-10(7-12(13)18(20)21)8-16-17-14(19)11-3-2-6-15-9-11/h2-9H,1H3,(H,17,19)/b16-8-. The van der Waals surface area contributed by atoms with Gasteiger partial charge in [-0.25, -0.2) is 5.43 Å². The summed E-state index contributed by atoms with van der Waals surface area (Å²) in [6.07, 6.45) is 4.26. The number of hydrogen-bond donors (Lipinski definition) is 1. The van der Waals surface area contributed by atoms with E-state index in [4.69, 9.17) is 4.74 Å². The number of amides is 1. The molecule has 0 atom stereocenters. The van der Waals surface area contributed by atoms with Gasteiger partial charge in [-0.05, 0) is 24.3 Å². The fourth-order valence-corrected chi connectivity index (χ4v) is 1.66. The van der Waals surface area contributed by atoms with E-state index in [2.05, 4.69) is 15.5 Å². The van der Waals surface area contributed by atoms with Gasteiger partial charge in [0, 0.05) is 24.0 Å². The van der Waals surface area contributed by atoms with Crippen molar-refractivity contribution in [3.8, 4) is 5.75 Å². The maximum atomic E-state index is 11.7. The van der Waals surface area contributed by atoms with E-state index in [0.29, 0.717) is 11.1 Å². The number of hydrogen-bond acceptors (Lipinski definition) is 6. The van der Waals surface area contributed by atoms with Crippen LogP contribution in [0.25, 0.3) is 0 Å². The molecule has 1 amide bonds. The van der Waals surface area contributed by atoms with Crippen molar-refractivity contribution in [3.05, 3.63) is 64.0 Å². The van der Waals surface area contributed by atoms with Gasteiger partial charge in [-0.3, -0.25) is 19.9 Å². The van der Waals surface area contributed by atoms with Crippen LogP contribution in [-0.4, -0.2) is 29.1 Å². The SMILES string of the molecule is COc1ccc(/C=N\NC(=O)c2cccnc2)cc1[N+](=O)[O-]. The molecule has 1 aromatic carbocycles. The van der Waals surface area contributed by atoms with Crippen molar-refractivity contribution in [2.24, 2.45) is 5.10 Å². The molecule has 0 unspecified atom stereocenters. The lowest BCUT2D eigenvalue weighted by molar-refractivity contribution is -0.385. The molecule has 8 heteroatoms. The van der Waals surface area contributed by atoms with Crippen LogP contribution in [0.3, 0.4) is 0 Å². The van der Waals surface area contributed by atoms with Gasteiger partial charge >= 0.3 is 5.69 Å². The van der Waals surface area contributed by atoms with Crippen LogP contribution in [0.2, 0.25) is 0 Å². The van der Waals surface area contributed by atoms with E-state index in [1.807, 2.05) is 0 Å². The molecule has 0 spiro atoms. The van der Waals surface area contributed by atoms with Crippen molar-refractivity contribution >= 4 is 17.8 Å². The predicted molar refractivity (Wildman–Crippen MR) is 78.9 cm³/mol. The minimum atomic E-state index is -0.551. The van der Waals surface area contributed by atoms with Gasteiger partial charge < -0.3 is 4.74 Å². The van der Waals surface area contributed by atoms with Crippen molar-refractivity contribution in [2.45, 2.75) is 0 Å². The van der Waals surface area contributed by atoms with E-state index in [1.54, 1.807) is 24.4 Å². The Labute approximate surface area is 125 Å². The van der Waals surface area contributed by atoms with Crippen molar-refractivity contribution in [1.29, 1.82) is 0 Å². The fraction of sp³-hybridized carbons (Fsp3) is 0.0714. The first-order valence-corrected chi connectivity index (χ1v) is 6.17. The summed E-state index contributed by atoms with van der Waals surface area (Å²) in [7, 11) is 1.35. The van der Waals surface area contributed by atoms with Gasteiger partial charge in [-0.2, -0.15) is 5.10 Å². The van der Waals surface area contributed by atoms with Crippen LogP contribution in [0, 0.1) is 10.1 Å². The van der Waals surface area contributed by atoms with Gasteiger partial charge in [0.1, 0.15) is 0 Å². The number of nitrogens with one attached hydrogen (secondary N) is 1. The van der Waals surface area contributed by atoms with Crippen LogP contribution in [0.5, 0.6) is 5.75 Å². The predicted octanol–water partition coefficient (Wildman–Crippen LogP) is 1.76. The van der Waals surface area contributed by atoms with Gasteiger partial charge in [-0.1, -0.05) is 0 Å². The number of nitrogens with zero attached hydrogens (tertiary/aromatic N) is 3. The van der Waals surface area contributed by atoms with Crippen molar-refractivity contribution in [3.63, 3.8) is 0 Å². The molecule has 0 aliphatic heterocycles. The van der Waals surface area contributed by atoms with Gasteiger partial charge in [0.05, 0.1) is 23.8 Å². The lowest BCUT2D eigenvalue weighted by atomic mass is 10.2. The Morgan fingerprint density at radius 3 is 2.91 bits per heavy atom. The molecular formula is C14H12N4O4. The highest BCUT2D eigenvalue weighted by atomic mass is 16.6. The minimum Gasteiger partial charge on any atom is -0.490 e. The monoisotopic (exact) mass is 300 g/mol. The van der Waals surface area contributed by atoms with Crippen molar-refractivity contribution in [2.75, 3.05) is 7.11 Å². The number of benzene rings is 1. The normalized spacial score (nSPS) is 10.4. The van der Waals surface area contributed by atoms with Crippen molar-refractivity contribution < 1.29 is 14.5 Å². The van der Waals surface area contributed by atoms with E-state index < -0.39 is 10.8 Å². The Balaban J connectivity index is 2.09. The summed E-state index contributed by atoms with van der Waals surface area (Å²) < 4.78 is 4.90. The number of nitro benzene ring substituents is 1. The Kier molecular flexibility index (Phi) is 4.76. The largest absolute Gasteiger partial charge is 0.490 e. The van der Waals surface area contributed by atoms with Gasteiger partial charge in [-0.15, -0.1) is 0 Å². The zero-order chi connectivity index (χ0) is 15.9. The Morgan fingerprint density at radius 1 is 1.45 bits per heavy atom. The molecule has 1 heterocycles. The minimum absolute atomic E-state index is 0.154. The summed E-state index contributed by atoms with van der Waals surface area (Å²) in [5.74, 6) is -0.270. The summed E-state index contributed by atoms with van der Waals surface area (Å²) in [5, 5.41) is 14.7. The molecule has 0 saturated heterocycles. The summed E-state index contributed by atoms with van der Waals surface area (Å²) in [6.45, 7) is 0. The molecule has 1 N–H and O–H groups in total. The van der Waals surface area contributed by atoms with E-state index in [0.717, 1.165) is 0 Å². The lowest BCUT2D eigenvalue weighted by Gasteiger charge is -2.02. The second-order valence-electron chi connectivity index (χ2n) is 4.13. The van der Waals surface area contributed by atoms with Crippen LogP contribution >= 0.6 is 0 Å². The number of carbonyl (C=O) groups excluding carboxylic acids is 1. The number of carbonyl (C=O) groups is 1. The summed E-state index contributed by atoms with van der Waals surface area (Å²) in [4.78, 5) is 25.9. The highest BCUT2D eigenvalue weighted by molar-refractivity contribution is 5.94. The van der Waals surface area contributed by atoms with Gasteiger partial charge in [0.15, 0.2) is 5.75 Å². The summed E-state index contributed by atoms with van der Waals surface area (Å²) >= 11 is 0. The molecule has 0 fully saturated rings. The number of nitro groups is 1. The average Bonchev–Trinajstić information content (AvgIpc) is 2.55. The fourth-order valence-electron chi connectivity index (χ4n) is 1.66. The number of pyridine rings is 1.